The van der Waals surface area contributed by atoms with Gasteiger partial charge in [0.15, 0.2) is 0 Å². The zero-order valence-electron chi connectivity index (χ0n) is 16.9. The number of aromatic nitrogens is 2. The summed E-state index contributed by atoms with van der Waals surface area (Å²) < 4.78 is 1.49. The summed E-state index contributed by atoms with van der Waals surface area (Å²) in [7, 11) is 0. The lowest BCUT2D eigenvalue weighted by atomic mass is 9.92. The Balaban J connectivity index is 1.32. The van der Waals surface area contributed by atoms with Crippen LogP contribution in [-0.4, -0.2) is 34.8 Å². The second kappa shape index (κ2) is 9.25. The molecule has 1 aromatic heterocycles. The average molecular weight is 395 g/mol. The van der Waals surface area contributed by atoms with Crippen LogP contribution >= 0.6 is 0 Å². The van der Waals surface area contributed by atoms with E-state index in [-0.39, 0.29) is 17.4 Å². The van der Waals surface area contributed by atoms with Crippen molar-refractivity contribution in [3.8, 4) is 0 Å². The number of nitrogens with one attached hydrogen (secondary N) is 1. The summed E-state index contributed by atoms with van der Waals surface area (Å²) in [4.78, 5) is 27.2. The number of carbonyl (C=O) groups is 1. The monoisotopic (exact) mass is 394 g/mol. The molecule has 1 aromatic carbocycles. The van der Waals surface area contributed by atoms with Crippen LogP contribution in [0.2, 0.25) is 0 Å². The molecule has 1 saturated heterocycles. The van der Waals surface area contributed by atoms with Crippen molar-refractivity contribution in [3.63, 3.8) is 0 Å². The number of piperidine rings is 1. The van der Waals surface area contributed by atoms with Crippen LogP contribution < -0.4 is 15.8 Å². The van der Waals surface area contributed by atoms with Crippen LogP contribution in [0.4, 0.5) is 5.69 Å². The van der Waals surface area contributed by atoms with Crippen molar-refractivity contribution in [1.82, 2.24) is 15.1 Å². The molecular weight excluding hydrogens is 364 g/mol. The Morgan fingerprint density at radius 3 is 2.45 bits per heavy atom. The molecule has 29 heavy (non-hydrogen) atoms. The summed E-state index contributed by atoms with van der Waals surface area (Å²) >= 11 is 0. The maximum atomic E-state index is 12.6. The molecule has 1 aliphatic carbocycles. The summed E-state index contributed by atoms with van der Waals surface area (Å²) in [5, 5.41) is 7.62. The van der Waals surface area contributed by atoms with Gasteiger partial charge in [0.1, 0.15) is 0 Å². The second-order valence-corrected chi connectivity index (χ2v) is 8.30. The van der Waals surface area contributed by atoms with Gasteiger partial charge in [0, 0.05) is 31.1 Å². The van der Waals surface area contributed by atoms with Gasteiger partial charge in [0.25, 0.3) is 5.56 Å². The largest absolute Gasteiger partial charge is 0.370 e. The van der Waals surface area contributed by atoms with Crippen molar-refractivity contribution in [2.24, 2.45) is 5.92 Å². The van der Waals surface area contributed by atoms with E-state index in [1.54, 1.807) is 12.3 Å². The lowest BCUT2D eigenvalue weighted by Crippen LogP contribution is -2.44. The lowest BCUT2D eigenvalue weighted by molar-refractivity contribution is -0.126. The van der Waals surface area contributed by atoms with Crippen molar-refractivity contribution in [1.29, 1.82) is 0 Å². The fraction of sp³-hybridized carbons (Fsp3) is 0.522. The SMILES string of the molecule is O=C(NC1CCCCC1)C1CCN(c2cnn(Cc3ccccc3)c(=O)c2)CC1. The van der Waals surface area contributed by atoms with Gasteiger partial charge in [-0.25, -0.2) is 4.68 Å². The molecule has 2 aliphatic rings. The van der Waals surface area contributed by atoms with Gasteiger partial charge in [-0.1, -0.05) is 49.6 Å². The summed E-state index contributed by atoms with van der Waals surface area (Å²) in [6.45, 7) is 2.04. The Hall–Kier alpha value is -2.63. The highest BCUT2D eigenvalue weighted by Crippen LogP contribution is 2.23. The van der Waals surface area contributed by atoms with E-state index in [2.05, 4.69) is 15.3 Å². The molecule has 0 bridgehead atoms. The topological polar surface area (TPSA) is 67.2 Å². The Labute approximate surface area is 171 Å². The molecule has 4 rings (SSSR count). The lowest BCUT2D eigenvalue weighted by Gasteiger charge is -2.33. The van der Waals surface area contributed by atoms with Gasteiger partial charge in [-0.15, -0.1) is 0 Å². The zero-order chi connectivity index (χ0) is 20.1. The van der Waals surface area contributed by atoms with E-state index in [1.807, 2.05) is 30.3 Å². The molecule has 0 radical (unpaired) electrons. The molecule has 154 valence electrons. The highest BCUT2D eigenvalue weighted by atomic mass is 16.2. The minimum absolute atomic E-state index is 0.0830. The van der Waals surface area contributed by atoms with E-state index in [9.17, 15) is 9.59 Å². The third-order valence-corrected chi connectivity index (χ3v) is 6.21. The van der Waals surface area contributed by atoms with E-state index in [1.165, 1.54) is 23.9 Å². The number of benzene rings is 1. The molecule has 2 heterocycles. The van der Waals surface area contributed by atoms with E-state index >= 15 is 0 Å². The maximum Gasteiger partial charge on any atom is 0.269 e. The summed E-state index contributed by atoms with van der Waals surface area (Å²) in [5.41, 5.74) is 1.81. The van der Waals surface area contributed by atoms with Crippen LogP contribution in [0.15, 0.2) is 47.4 Å². The first kappa shape index (κ1) is 19.7. The minimum Gasteiger partial charge on any atom is -0.370 e. The number of anilines is 1. The fourth-order valence-corrected chi connectivity index (χ4v) is 4.44. The van der Waals surface area contributed by atoms with Crippen LogP contribution in [0, 0.1) is 5.92 Å². The molecule has 6 nitrogen and oxygen atoms in total. The summed E-state index contributed by atoms with van der Waals surface area (Å²) in [6.07, 6.45) is 9.41. The highest BCUT2D eigenvalue weighted by Gasteiger charge is 2.27. The Morgan fingerprint density at radius 2 is 1.76 bits per heavy atom. The van der Waals surface area contributed by atoms with Crippen molar-refractivity contribution in [2.75, 3.05) is 18.0 Å². The minimum atomic E-state index is -0.0940. The maximum absolute atomic E-state index is 12.6. The summed E-state index contributed by atoms with van der Waals surface area (Å²) in [6, 6.07) is 11.9. The van der Waals surface area contributed by atoms with Gasteiger partial charge in [-0.05, 0) is 31.2 Å². The molecule has 2 aromatic rings. The van der Waals surface area contributed by atoms with Crippen molar-refractivity contribution in [2.45, 2.75) is 57.5 Å². The molecule has 0 unspecified atom stereocenters. The first-order chi connectivity index (χ1) is 14.2. The van der Waals surface area contributed by atoms with E-state index in [4.69, 9.17) is 0 Å². The smallest absolute Gasteiger partial charge is 0.269 e. The predicted octanol–water partition coefficient (Wildman–Crippen LogP) is 2.96. The van der Waals surface area contributed by atoms with Crippen molar-refractivity contribution in [3.05, 3.63) is 58.5 Å². The second-order valence-electron chi connectivity index (χ2n) is 8.30. The van der Waals surface area contributed by atoms with E-state index < -0.39 is 0 Å². The number of hydrogen-bond acceptors (Lipinski definition) is 4. The van der Waals surface area contributed by atoms with E-state index in [0.29, 0.717) is 12.6 Å². The third kappa shape index (κ3) is 5.05. The quantitative estimate of drug-likeness (QED) is 0.847. The Bertz CT molecular complexity index is 866. The molecule has 1 amide bonds. The number of rotatable bonds is 5. The van der Waals surface area contributed by atoms with Crippen molar-refractivity contribution < 1.29 is 4.79 Å². The molecule has 1 N–H and O–H groups in total. The molecular formula is C23H30N4O2. The van der Waals surface area contributed by atoms with Crippen LogP contribution in [0.1, 0.15) is 50.5 Å². The van der Waals surface area contributed by atoms with Crippen LogP contribution in [-0.2, 0) is 11.3 Å². The highest BCUT2D eigenvalue weighted by molar-refractivity contribution is 5.79. The first-order valence-electron chi connectivity index (χ1n) is 10.9. The Morgan fingerprint density at radius 1 is 1.03 bits per heavy atom. The van der Waals surface area contributed by atoms with Crippen molar-refractivity contribution >= 4 is 11.6 Å². The van der Waals surface area contributed by atoms with Crippen LogP contribution in [0.3, 0.4) is 0 Å². The standard InChI is InChI=1S/C23H30N4O2/c28-22-15-21(16-24-27(22)17-18-7-3-1-4-8-18)26-13-11-19(12-14-26)23(29)25-20-9-5-2-6-10-20/h1,3-4,7-8,15-16,19-20H,2,5-6,9-14,17H2,(H,25,29). The molecule has 6 heteroatoms. The number of nitrogens with zero attached hydrogens (tertiary/aromatic N) is 3. The van der Waals surface area contributed by atoms with Gasteiger partial charge < -0.3 is 10.2 Å². The normalized spacial score (nSPS) is 18.6. The van der Waals surface area contributed by atoms with Crippen LogP contribution in [0.25, 0.3) is 0 Å². The molecule has 2 fully saturated rings. The average Bonchev–Trinajstić information content (AvgIpc) is 2.77. The number of hydrogen-bond donors (Lipinski definition) is 1. The zero-order valence-corrected chi connectivity index (χ0v) is 16.9. The molecule has 1 aliphatic heterocycles. The van der Waals surface area contributed by atoms with Gasteiger partial charge in [-0.2, -0.15) is 5.10 Å². The predicted molar refractivity (Wildman–Crippen MR) is 114 cm³/mol. The van der Waals surface area contributed by atoms with Gasteiger partial charge in [0.2, 0.25) is 5.91 Å². The Kier molecular flexibility index (Phi) is 6.27. The number of amides is 1. The molecule has 0 spiro atoms. The third-order valence-electron chi connectivity index (χ3n) is 6.21. The summed E-state index contributed by atoms with van der Waals surface area (Å²) in [5.74, 6) is 0.299. The van der Waals surface area contributed by atoms with Crippen LogP contribution in [0.5, 0.6) is 0 Å². The molecule has 0 atom stereocenters. The first-order valence-corrected chi connectivity index (χ1v) is 10.9. The fourth-order valence-electron chi connectivity index (χ4n) is 4.44. The van der Waals surface area contributed by atoms with E-state index in [0.717, 1.165) is 50.0 Å². The number of carbonyl (C=O) groups excluding carboxylic acids is 1. The molecule has 1 saturated carbocycles. The van der Waals surface area contributed by atoms with Gasteiger partial charge >= 0.3 is 0 Å². The van der Waals surface area contributed by atoms with Gasteiger partial charge in [-0.3, -0.25) is 9.59 Å². The van der Waals surface area contributed by atoms with Gasteiger partial charge in [0.05, 0.1) is 18.4 Å².